The first-order valence-electron chi connectivity index (χ1n) is 4.07. The van der Waals surface area contributed by atoms with Crippen LogP contribution in [0.15, 0.2) is 12.5 Å². The van der Waals surface area contributed by atoms with Gasteiger partial charge in [0.1, 0.15) is 6.10 Å². The van der Waals surface area contributed by atoms with E-state index in [4.69, 9.17) is 0 Å². The molecule has 1 rings (SSSR count). The average Bonchev–Trinajstić information content (AvgIpc) is 2.31. The van der Waals surface area contributed by atoms with Gasteiger partial charge in [-0.05, 0) is 5.41 Å². The maximum absolute atomic E-state index is 9.87. The second-order valence-corrected chi connectivity index (χ2v) is 4.20. The van der Waals surface area contributed by atoms with E-state index < -0.39 is 6.10 Å². The van der Waals surface area contributed by atoms with Crippen LogP contribution in [-0.4, -0.2) is 14.7 Å². The molecule has 0 spiro atoms. The molecule has 0 aliphatic rings. The van der Waals surface area contributed by atoms with Crippen LogP contribution in [0.25, 0.3) is 0 Å². The molecule has 0 radical (unpaired) electrons. The Hall–Kier alpha value is -0.830. The largest absolute Gasteiger partial charge is 0.386 e. The zero-order valence-electron chi connectivity index (χ0n) is 8.07. The highest BCUT2D eigenvalue weighted by Crippen LogP contribution is 2.31. The Bertz CT molecular complexity index is 260. The number of hydrogen-bond donors (Lipinski definition) is 1. The molecule has 3 nitrogen and oxygen atoms in total. The zero-order valence-corrected chi connectivity index (χ0v) is 8.07. The van der Waals surface area contributed by atoms with Crippen molar-refractivity contribution in [1.29, 1.82) is 0 Å². The van der Waals surface area contributed by atoms with Gasteiger partial charge in [0.05, 0.1) is 18.2 Å². The fourth-order valence-electron chi connectivity index (χ4n) is 1.07. The number of imidazole rings is 1. The summed E-state index contributed by atoms with van der Waals surface area (Å²) in [5.41, 5.74) is 0.732. The van der Waals surface area contributed by atoms with Gasteiger partial charge in [-0.25, -0.2) is 4.98 Å². The van der Waals surface area contributed by atoms with E-state index in [0.717, 1.165) is 5.69 Å². The molecule has 0 fully saturated rings. The number of rotatable bonds is 1. The number of aliphatic hydroxyl groups excluding tert-OH is 1. The minimum absolute atomic E-state index is 0.131. The predicted octanol–water partition coefficient (Wildman–Crippen LogP) is 1.50. The minimum atomic E-state index is -0.454. The third kappa shape index (κ3) is 1.67. The van der Waals surface area contributed by atoms with Crippen LogP contribution in [0.3, 0.4) is 0 Å². The van der Waals surface area contributed by atoms with Crippen molar-refractivity contribution in [3.63, 3.8) is 0 Å². The molecule has 12 heavy (non-hydrogen) atoms. The molecule has 1 N–H and O–H groups in total. The van der Waals surface area contributed by atoms with Crippen LogP contribution < -0.4 is 0 Å². The highest BCUT2D eigenvalue weighted by Gasteiger charge is 2.25. The first-order chi connectivity index (χ1) is 5.43. The van der Waals surface area contributed by atoms with Crippen LogP contribution in [0.5, 0.6) is 0 Å². The molecular weight excluding hydrogens is 152 g/mol. The standard InChI is InChI=1S/C9H16N2O/c1-9(2,3)8(12)7-5-10-6-11(7)4/h5-6,8,12H,1-4H3. The summed E-state index contributed by atoms with van der Waals surface area (Å²) in [4.78, 5) is 3.96. The van der Waals surface area contributed by atoms with Crippen molar-refractivity contribution in [1.82, 2.24) is 9.55 Å². The van der Waals surface area contributed by atoms with Gasteiger partial charge in [0.15, 0.2) is 0 Å². The lowest BCUT2D eigenvalue weighted by Crippen LogP contribution is -2.19. The molecule has 0 bridgehead atoms. The average molecular weight is 168 g/mol. The smallest absolute Gasteiger partial charge is 0.100 e. The van der Waals surface area contributed by atoms with Crippen molar-refractivity contribution in [2.75, 3.05) is 0 Å². The monoisotopic (exact) mass is 168 g/mol. The van der Waals surface area contributed by atoms with E-state index in [1.54, 1.807) is 12.5 Å². The number of aryl methyl sites for hydroxylation is 1. The van der Waals surface area contributed by atoms with Crippen LogP contribution in [0.4, 0.5) is 0 Å². The summed E-state index contributed by atoms with van der Waals surface area (Å²) in [6.07, 6.45) is 2.95. The van der Waals surface area contributed by atoms with Crippen LogP contribution in [0.2, 0.25) is 0 Å². The van der Waals surface area contributed by atoms with E-state index in [2.05, 4.69) is 4.98 Å². The first kappa shape index (κ1) is 9.26. The van der Waals surface area contributed by atoms with Crippen molar-refractivity contribution in [2.24, 2.45) is 12.5 Å². The Balaban J connectivity index is 2.92. The van der Waals surface area contributed by atoms with Gasteiger partial charge < -0.3 is 9.67 Å². The summed E-state index contributed by atoms with van der Waals surface area (Å²) in [7, 11) is 1.89. The van der Waals surface area contributed by atoms with E-state index in [0.29, 0.717) is 0 Å². The molecule has 0 saturated carbocycles. The van der Waals surface area contributed by atoms with Crippen LogP contribution in [0.1, 0.15) is 32.6 Å². The molecule has 68 valence electrons. The first-order valence-corrected chi connectivity index (χ1v) is 4.07. The number of aliphatic hydroxyl groups is 1. The lowest BCUT2D eigenvalue weighted by molar-refractivity contribution is 0.0564. The topological polar surface area (TPSA) is 38.0 Å². The van der Waals surface area contributed by atoms with Gasteiger partial charge in [-0.2, -0.15) is 0 Å². The van der Waals surface area contributed by atoms with Gasteiger partial charge in [0.2, 0.25) is 0 Å². The molecule has 1 heterocycles. The van der Waals surface area contributed by atoms with Crippen molar-refractivity contribution in [2.45, 2.75) is 26.9 Å². The van der Waals surface area contributed by atoms with Gasteiger partial charge in [0.25, 0.3) is 0 Å². The van der Waals surface area contributed by atoms with E-state index in [9.17, 15) is 5.11 Å². The molecule has 0 aliphatic heterocycles. The summed E-state index contributed by atoms with van der Waals surface area (Å²) < 4.78 is 1.84. The van der Waals surface area contributed by atoms with E-state index in [1.807, 2.05) is 32.4 Å². The van der Waals surface area contributed by atoms with Crippen molar-refractivity contribution >= 4 is 0 Å². The summed E-state index contributed by atoms with van der Waals surface area (Å²) in [6, 6.07) is 0. The molecule has 1 aromatic heterocycles. The molecule has 0 saturated heterocycles. The number of nitrogens with zero attached hydrogens (tertiary/aromatic N) is 2. The summed E-state index contributed by atoms with van der Waals surface area (Å²) in [5, 5.41) is 9.87. The molecular formula is C9H16N2O. The van der Waals surface area contributed by atoms with E-state index in [1.165, 1.54) is 0 Å². The summed E-state index contributed by atoms with van der Waals surface area (Å²) in [6.45, 7) is 6.01. The Kier molecular flexibility index (Phi) is 2.24. The molecule has 3 heteroatoms. The van der Waals surface area contributed by atoms with Crippen LogP contribution in [0, 0.1) is 5.41 Å². The normalized spacial score (nSPS) is 14.8. The van der Waals surface area contributed by atoms with Gasteiger partial charge in [0, 0.05) is 7.05 Å². The fraction of sp³-hybridized carbons (Fsp3) is 0.667. The molecule has 0 aliphatic carbocycles. The summed E-state index contributed by atoms with van der Waals surface area (Å²) in [5.74, 6) is 0. The number of hydrogen-bond acceptors (Lipinski definition) is 2. The molecule has 0 amide bonds. The van der Waals surface area contributed by atoms with E-state index >= 15 is 0 Å². The van der Waals surface area contributed by atoms with Gasteiger partial charge in [-0.15, -0.1) is 0 Å². The van der Waals surface area contributed by atoms with Crippen molar-refractivity contribution in [3.8, 4) is 0 Å². The van der Waals surface area contributed by atoms with Gasteiger partial charge in [-0.1, -0.05) is 20.8 Å². The molecule has 1 aromatic rings. The maximum atomic E-state index is 9.87. The Labute approximate surface area is 73.1 Å². The van der Waals surface area contributed by atoms with Gasteiger partial charge >= 0.3 is 0 Å². The van der Waals surface area contributed by atoms with Crippen molar-refractivity contribution < 1.29 is 5.11 Å². The Morgan fingerprint density at radius 3 is 2.42 bits per heavy atom. The van der Waals surface area contributed by atoms with Crippen molar-refractivity contribution in [3.05, 3.63) is 18.2 Å². The molecule has 0 aromatic carbocycles. The maximum Gasteiger partial charge on any atom is 0.100 e. The SMILES string of the molecule is Cn1cncc1C(O)C(C)(C)C. The predicted molar refractivity (Wildman–Crippen MR) is 47.6 cm³/mol. The second kappa shape index (κ2) is 2.90. The molecule has 1 atom stereocenters. The lowest BCUT2D eigenvalue weighted by atomic mass is 9.87. The minimum Gasteiger partial charge on any atom is -0.386 e. The quantitative estimate of drug-likeness (QED) is 0.690. The van der Waals surface area contributed by atoms with E-state index in [-0.39, 0.29) is 5.41 Å². The number of aromatic nitrogens is 2. The highest BCUT2D eigenvalue weighted by molar-refractivity contribution is 5.04. The fourth-order valence-corrected chi connectivity index (χ4v) is 1.07. The van der Waals surface area contributed by atoms with Crippen LogP contribution in [-0.2, 0) is 7.05 Å². The Morgan fingerprint density at radius 1 is 1.50 bits per heavy atom. The molecule has 1 unspecified atom stereocenters. The van der Waals surface area contributed by atoms with Crippen LogP contribution >= 0.6 is 0 Å². The third-order valence-corrected chi connectivity index (χ3v) is 1.95. The van der Waals surface area contributed by atoms with Gasteiger partial charge in [-0.3, -0.25) is 0 Å². The lowest BCUT2D eigenvalue weighted by Gasteiger charge is -2.25. The Morgan fingerprint density at radius 2 is 2.08 bits per heavy atom. The summed E-state index contributed by atoms with van der Waals surface area (Å²) >= 11 is 0. The highest BCUT2D eigenvalue weighted by atomic mass is 16.3. The second-order valence-electron chi connectivity index (χ2n) is 4.20. The zero-order chi connectivity index (χ0) is 9.35. The third-order valence-electron chi connectivity index (χ3n) is 1.95.